The second-order valence-corrected chi connectivity index (χ2v) is 5.17. The molecular formula is C17H19N. The van der Waals surface area contributed by atoms with E-state index in [-0.39, 0.29) is 0 Å². The Balaban J connectivity index is 1.66. The fraction of sp³-hybridized carbons (Fsp3) is 0.294. The maximum atomic E-state index is 3.74. The summed E-state index contributed by atoms with van der Waals surface area (Å²) in [6.07, 6.45) is 2.32. The lowest BCUT2D eigenvalue weighted by molar-refractivity contribution is 0.467. The molecular weight excluding hydrogens is 218 g/mol. The summed E-state index contributed by atoms with van der Waals surface area (Å²) in [5.41, 5.74) is 4.39. The van der Waals surface area contributed by atoms with E-state index in [9.17, 15) is 0 Å². The largest absolute Gasteiger partial charge is 0.307 e. The summed E-state index contributed by atoms with van der Waals surface area (Å²) < 4.78 is 0. The van der Waals surface area contributed by atoms with Crippen molar-refractivity contribution in [2.75, 3.05) is 0 Å². The van der Waals surface area contributed by atoms with Crippen molar-refractivity contribution >= 4 is 0 Å². The molecule has 0 unspecified atom stereocenters. The Morgan fingerprint density at radius 3 is 2.06 bits per heavy atom. The number of benzene rings is 2. The topological polar surface area (TPSA) is 12.0 Å². The lowest BCUT2D eigenvalue weighted by Gasteiger charge is -2.19. The van der Waals surface area contributed by atoms with E-state index >= 15 is 0 Å². The van der Waals surface area contributed by atoms with E-state index in [0.29, 0.717) is 12.1 Å². The fourth-order valence-corrected chi connectivity index (χ4v) is 2.87. The van der Waals surface area contributed by atoms with Gasteiger partial charge in [-0.1, -0.05) is 54.6 Å². The van der Waals surface area contributed by atoms with Crippen LogP contribution in [0.5, 0.6) is 0 Å². The molecule has 2 aromatic carbocycles. The minimum absolute atomic E-state index is 0.422. The van der Waals surface area contributed by atoms with Crippen LogP contribution < -0.4 is 5.32 Å². The molecule has 0 heterocycles. The van der Waals surface area contributed by atoms with Gasteiger partial charge < -0.3 is 5.32 Å². The van der Waals surface area contributed by atoms with Crippen LogP contribution in [-0.4, -0.2) is 6.04 Å². The van der Waals surface area contributed by atoms with Gasteiger partial charge in [-0.3, -0.25) is 0 Å². The molecule has 1 heteroatoms. The third kappa shape index (κ3) is 2.32. The van der Waals surface area contributed by atoms with Crippen LogP contribution >= 0.6 is 0 Å². The quantitative estimate of drug-likeness (QED) is 0.861. The highest BCUT2D eigenvalue weighted by atomic mass is 14.9. The van der Waals surface area contributed by atoms with E-state index in [1.54, 1.807) is 0 Å². The molecule has 92 valence electrons. The first-order valence-corrected chi connectivity index (χ1v) is 6.71. The van der Waals surface area contributed by atoms with Crippen molar-refractivity contribution in [1.29, 1.82) is 0 Å². The molecule has 1 nitrogen and oxygen atoms in total. The first-order valence-electron chi connectivity index (χ1n) is 6.71. The van der Waals surface area contributed by atoms with Crippen molar-refractivity contribution in [2.45, 2.75) is 31.8 Å². The van der Waals surface area contributed by atoms with E-state index in [1.165, 1.54) is 16.7 Å². The second kappa shape index (κ2) is 4.95. The van der Waals surface area contributed by atoms with Gasteiger partial charge in [0.25, 0.3) is 0 Å². The normalized spacial score (nSPS) is 16.5. The Morgan fingerprint density at radius 2 is 1.44 bits per heavy atom. The summed E-state index contributed by atoms with van der Waals surface area (Å²) in [6.45, 7) is 2.25. The summed E-state index contributed by atoms with van der Waals surface area (Å²) in [7, 11) is 0. The van der Waals surface area contributed by atoms with Crippen molar-refractivity contribution in [3.05, 3.63) is 71.3 Å². The standard InChI is InChI=1S/C17H19N/c1-13(14-7-3-2-4-8-14)18-17-11-15-9-5-6-10-16(15)12-17/h2-10,13,17-18H,11-12H2,1H3/t13-/m1/s1. The minimum Gasteiger partial charge on any atom is -0.307 e. The number of hydrogen-bond acceptors (Lipinski definition) is 1. The van der Waals surface area contributed by atoms with Crippen molar-refractivity contribution < 1.29 is 0 Å². The summed E-state index contributed by atoms with van der Waals surface area (Å²) in [6, 6.07) is 20.5. The fourth-order valence-electron chi connectivity index (χ4n) is 2.87. The molecule has 0 spiro atoms. The molecule has 0 saturated heterocycles. The Bertz CT molecular complexity index is 493. The van der Waals surface area contributed by atoms with Gasteiger partial charge in [-0.15, -0.1) is 0 Å². The van der Waals surface area contributed by atoms with Gasteiger partial charge in [0.2, 0.25) is 0 Å². The van der Waals surface area contributed by atoms with E-state index in [4.69, 9.17) is 0 Å². The zero-order valence-electron chi connectivity index (χ0n) is 10.8. The van der Waals surface area contributed by atoms with Crippen LogP contribution in [0.3, 0.4) is 0 Å². The Kier molecular flexibility index (Phi) is 3.16. The first kappa shape index (κ1) is 11.5. The van der Waals surface area contributed by atoms with Crippen LogP contribution in [0.2, 0.25) is 0 Å². The molecule has 3 rings (SSSR count). The van der Waals surface area contributed by atoms with Gasteiger partial charge in [-0.25, -0.2) is 0 Å². The molecule has 0 amide bonds. The van der Waals surface area contributed by atoms with Crippen molar-refractivity contribution in [2.24, 2.45) is 0 Å². The molecule has 2 aromatic rings. The Morgan fingerprint density at radius 1 is 0.889 bits per heavy atom. The first-order chi connectivity index (χ1) is 8.83. The summed E-state index contributed by atoms with van der Waals surface area (Å²) >= 11 is 0. The van der Waals surface area contributed by atoms with Crippen LogP contribution in [0.1, 0.15) is 29.7 Å². The lowest BCUT2D eigenvalue weighted by atomic mass is 10.1. The van der Waals surface area contributed by atoms with Crippen LogP contribution in [-0.2, 0) is 12.8 Å². The van der Waals surface area contributed by atoms with E-state index in [2.05, 4.69) is 66.8 Å². The molecule has 1 atom stereocenters. The van der Waals surface area contributed by atoms with Gasteiger partial charge in [0.1, 0.15) is 0 Å². The van der Waals surface area contributed by atoms with Crippen LogP contribution in [0.25, 0.3) is 0 Å². The highest BCUT2D eigenvalue weighted by molar-refractivity contribution is 5.33. The monoisotopic (exact) mass is 237 g/mol. The molecule has 0 aromatic heterocycles. The smallest absolute Gasteiger partial charge is 0.0294 e. The van der Waals surface area contributed by atoms with Crippen LogP contribution in [0, 0.1) is 0 Å². The van der Waals surface area contributed by atoms with Gasteiger partial charge in [-0.05, 0) is 36.5 Å². The number of fused-ring (bicyclic) bond motifs is 1. The SMILES string of the molecule is C[C@@H](NC1Cc2ccccc2C1)c1ccccc1. The maximum Gasteiger partial charge on any atom is 0.0294 e. The molecule has 0 radical (unpaired) electrons. The highest BCUT2D eigenvalue weighted by Crippen LogP contribution is 2.23. The summed E-state index contributed by atoms with van der Waals surface area (Å²) in [5.74, 6) is 0. The van der Waals surface area contributed by atoms with Gasteiger partial charge in [0, 0.05) is 12.1 Å². The van der Waals surface area contributed by atoms with Crippen molar-refractivity contribution in [3.63, 3.8) is 0 Å². The van der Waals surface area contributed by atoms with E-state index < -0.39 is 0 Å². The van der Waals surface area contributed by atoms with Gasteiger partial charge in [0.05, 0.1) is 0 Å². The summed E-state index contributed by atoms with van der Waals surface area (Å²) in [5, 5.41) is 3.74. The van der Waals surface area contributed by atoms with Crippen LogP contribution in [0.4, 0.5) is 0 Å². The lowest BCUT2D eigenvalue weighted by Crippen LogP contribution is -2.31. The molecule has 18 heavy (non-hydrogen) atoms. The molecule has 0 aliphatic heterocycles. The van der Waals surface area contributed by atoms with Gasteiger partial charge in [-0.2, -0.15) is 0 Å². The van der Waals surface area contributed by atoms with Crippen molar-refractivity contribution in [1.82, 2.24) is 5.32 Å². The Labute approximate surface area is 109 Å². The second-order valence-electron chi connectivity index (χ2n) is 5.17. The van der Waals surface area contributed by atoms with Crippen molar-refractivity contribution in [3.8, 4) is 0 Å². The van der Waals surface area contributed by atoms with Gasteiger partial charge in [0.15, 0.2) is 0 Å². The minimum atomic E-state index is 0.422. The molecule has 1 N–H and O–H groups in total. The maximum absolute atomic E-state index is 3.74. The molecule has 0 saturated carbocycles. The van der Waals surface area contributed by atoms with E-state index in [0.717, 1.165) is 12.8 Å². The third-order valence-electron chi connectivity index (χ3n) is 3.84. The summed E-state index contributed by atoms with van der Waals surface area (Å²) in [4.78, 5) is 0. The van der Waals surface area contributed by atoms with Gasteiger partial charge >= 0.3 is 0 Å². The highest BCUT2D eigenvalue weighted by Gasteiger charge is 2.22. The van der Waals surface area contributed by atoms with Crippen LogP contribution in [0.15, 0.2) is 54.6 Å². The number of nitrogens with one attached hydrogen (secondary N) is 1. The Hall–Kier alpha value is -1.60. The third-order valence-corrected chi connectivity index (χ3v) is 3.84. The number of rotatable bonds is 3. The average Bonchev–Trinajstić information content (AvgIpc) is 2.82. The van der Waals surface area contributed by atoms with E-state index in [1.807, 2.05) is 0 Å². The molecule has 0 fully saturated rings. The molecule has 1 aliphatic carbocycles. The molecule has 1 aliphatic rings. The molecule has 0 bridgehead atoms. The predicted octanol–water partition coefficient (Wildman–Crippen LogP) is 3.50. The zero-order valence-corrected chi connectivity index (χ0v) is 10.8. The predicted molar refractivity (Wildman–Crippen MR) is 75.6 cm³/mol. The number of hydrogen-bond donors (Lipinski definition) is 1. The zero-order chi connectivity index (χ0) is 12.4. The average molecular weight is 237 g/mol.